The summed E-state index contributed by atoms with van der Waals surface area (Å²) in [6, 6.07) is 21.4. The van der Waals surface area contributed by atoms with Crippen molar-refractivity contribution in [2.45, 2.75) is 5.66 Å². The van der Waals surface area contributed by atoms with Crippen LogP contribution in [0.25, 0.3) is 0 Å². The van der Waals surface area contributed by atoms with E-state index in [9.17, 15) is 14.7 Å². The molecule has 7 heteroatoms. The highest BCUT2D eigenvalue weighted by molar-refractivity contribution is 6.16. The van der Waals surface area contributed by atoms with Gasteiger partial charge in [-0.15, -0.1) is 0 Å². The lowest BCUT2D eigenvalue weighted by atomic mass is 9.88. The Morgan fingerprint density at radius 3 is 2.17 bits per heavy atom. The van der Waals surface area contributed by atoms with Gasteiger partial charge in [0.1, 0.15) is 11.5 Å². The van der Waals surface area contributed by atoms with Crippen LogP contribution >= 0.6 is 0 Å². The van der Waals surface area contributed by atoms with Gasteiger partial charge in [-0.05, 0) is 24.3 Å². The zero-order chi connectivity index (χ0) is 21.3. The van der Waals surface area contributed by atoms with Crippen LogP contribution < -0.4 is 15.0 Å². The number of hydrogen-bond donors (Lipinski definition) is 2. The van der Waals surface area contributed by atoms with Crippen LogP contribution in [0.5, 0.6) is 11.5 Å². The molecule has 1 fully saturated rings. The van der Waals surface area contributed by atoms with Crippen LogP contribution in [0.1, 0.15) is 11.1 Å². The fourth-order valence-electron chi connectivity index (χ4n) is 3.77. The molecule has 0 radical (unpaired) electrons. The second-order valence-corrected chi connectivity index (χ2v) is 6.90. The number of phenolic OH excluding ortho intramolecular Hbond substituents is 1. The van der Waals surface area contributed by atoms with E-state index in [1.165, 1.54) is 18.1 Å². The summed E-state index contributed by atoms with van der Waals surface area (Å²) >= 11 is 0. The molecule has 1 aliphatic rings. The van der Waals surface area contributed by atoms with Crippen LogP contribution in [0.2, 0.25) is 0 Å². The third kappa shape index (κ3) is 2.91. The molecular weight excluding hydrogens is 382 g/mol. The van der Waals surface area contributed by atoms with Gasteiger partial charge in [-0.25, -0.2) is 14.5 Å². The molecule has 152 valence electrons. The molecule has 3 aromatic carbocycles. The highest BCUT2D eigenvalue weighted by atomic mass is 16.5. The van der Waals surface area contributed by atoms with E-state index in [0.717, 1.165) is 4.90 Å². The topological polar surface area (TPSA) is 82.1 Å². The largest absolute Gasteiger partial charge is 0.507 e. The standard InChI is InChI=1S/C23H21N3O4/c1-25-22(29)26(17-11-7-4-8-12-17)21(28)24-23(25,16-9-5-3-6-10-16)19-14-13-18(30-2)15-20(19)27/h3-15,27H,1-2H3,(H,24,28). The summed E-state index contributed by atoms with van der Waals surface area (Å²) in [5, 5.41) is 13.8. The summed E-state index contributed by atoms with van der Waals surface area (Å²) in [7, 11) is 3.09. The van der Waals surface area contributed by atoms with Crippen molar-refractivity contribution in [3.63, 3.8) is 0 Å². The number of anilines is 1. The molecule has 30 heavy (non-hydrogen) atoms. The molecule has 4 rings (SSSR count). The Kier molecular flexibility index (Phi) is 4.79. The molecule has 0 bridgehead atoms. The molecule has 1 unspecified atom stereocenters. The summed E-state index contributed by atoms with van der Waals surface area (Å²) in [6.45, 7) is 0. The van der Waals surface area contributed by atoms with E-state index in [4.69, 9.17) is 4.74 Å². The Hall–Kier alpha value is -4.00. The quantitative estimate of drug-likeness (QED) is 0.693. The molecule has 4 amide bonds. The molecule has 1 heterocycles. The number of amides is 4. The van der Waals surface area contributed by atoms with Gasteiger partial charge in [0.15, 0.2) is 5.66 Å². The number of ether oxygens (including phenoxy) is 1. The summed E-state index contributed by atoms with van der Waals surface area (Å²) in [5.41, 5.74) is 0.0260. The van der Waals surface area contributed by atoms with Crippen LogP contribution in [-0.2, 0) is 5.66 Å². The summed E-state index contributed by atoms with van der Waals surface area (Å²) in [4.78, 5) is 29.1. The fourth-order valence-corrected chi connectivity index (χ4v) is 3.77. The van der Waals surface area contributed by atoms with Crippen molar-refractivity contribution in [3.8, 4) is 11.5 Å². The van der Waals surface area contributed by atoms with Crippen LogP contribution in [0.15, 0.2) is 78.9 Å². The van der Waals surface area contributed by atoms with Crippen molar-refractivity contribution < 1.29 is 19.4 Å². The van der Waals surface area contributed by atoms with E-state index >= 15 is 0 Å². The molecule has 0 saturated carbocycles. The maximum atomic E-state index is 13.4. The van der Waals surface area contributed by atoms with Gasteiger partial charge < -0.3 is 15.2 Å². The molecule has 7 nitrogen and oxygen atoms in total. The lowest BCUT2D eigenvalue weighted by molar-refractivity contribution is 0.126. The number of nitrogens with zero attached hydrogens (tertiary/aromatic N) is 2. The average Bonchev–Trinajstić information content (AvgIpc) is 2.78. The normalized spacial score (nSPS) is 18.9. The Labute approximate surface area is 174 Å². The number of hydrogen-bond acceptors (Lipinski definition) is 4. The number of benzene rings is 3. The Morgan fingerprint density at radius 1 is 0.933 bits per heavy atom. The Bertz CT molecular complexity index is 1090. The number of nitrogens with one attached hydrogen (secondary N) is 1. The van der Waals surface area contributed by atoms with Gasteiger partial charge >= 0.3 is 12.1 Å². The predicted molar refractivity (Wildman–Crippen MR) is 112 cm³/mol. The van der Waals surface area contributed by atoms with E-state index in [0.29, 0.717) is 22.6 Å². The zero-order valence-corrected chi connectivity index (χ0v) is 16.6. The molecule has 2 N–H and O–H groups in total. The third-order valence-electron chi connectivity index (χ3n) is 5.27. The van der Waals surface area contributed by atoms with Crippen molar-refractivity contribution in [3.05, 3.63) is 90.0 Å². The number of rotatable bonds is 4. The predicted octanol–water partition coefficient (Wildman–Crippen LogP) is 3.88. The zero-order valence-electron chi connectivity index (χ0n) is 16.6. The van der Waals surface area contributed by atoms with E-state index in [1.54, 1.807) is 55.6 Å². The van der Waals surface area contributed by atoms with Gasteiger partial charge in [-0.1, -0.05) is 48.5 Å². The van der Waals surface area contributed by atoms with E-state index in [1.807, 2.05) is 24.3 Å². The van der Waals surface area contributed by atoms with E-state index in [-0.39, 0.29) is 5.75 Å². The summed E-state index contributed by atoms with van der Waals surface area (Å²) in [5.74, 6) is 0.354. The van der Waals surface area contributed by atoms with Gasteiger partial charge in [0, 0.05) is 24.2 Å². The number of para-hydroxylation sites is 1. The number of imide groups is 1. The van der Waals surface area contributed by atoms with Crippen molar-refractivity contribution in [2.75, 3.05) is 19.1 Å². The van der Waals surface area contributed by atoms with Crippen molar-refractivity contribution >= 4 is 17.7 Å². The number of phenols is 1. The van der Waals surface area contributed by atoms with Crippen molar-refractivity contribution in [1.29, 1.82) is 0 Å². The second-order valence-electron chi connectivity index (χ2n) is 6.90. The maximum Gasteiger partial charge on any atom is 0.334 e. The van der Waals surface area contributed by atoms with Gasteiger partial charge in [0.25, 0.3) is 0 Å². The van der Waals surface area contributed by atoms with Gasteiger partial charge in [0.2, 0.25) is 0 Å². The average molecular weight is 403 g/mol. The van der Waals surface area contributed by atoms with E-state index < -0.39 is 17.7 Å². The molecule has 1 aliphatic heterocycles. The number of carbonyl (C=O) groups is 2. The van der Waals surface area contributed by atoms with Gasteiger partial charge in [-0.3, -0.25) is 4.90 Å². The fraction of sp³-hybridized carbons (Fsp3) is 0.130. The SMILES string of the molecule is COc1ccc(C2(c3ccccc3)NC(=O)N(c3ccccc3)C(=O)N2C)c(O)c1. The maximum absolute atomic E-state index is 13.4. The molecule has 0 aromatic heterocycles. The number of methoxy groups -OCH3 is 1. The van der Waals surface area contributed by atoms with Crippen LogP contribution in [0.3, 0.4) is 0 Å². The first-order valence-corrected chi connectivity index (χ1v) is 9.37. The minimum atomic E-state index is -1.41. The minimum absolute atomic E-state index is 0.105. The first-order chi connectivity index (χ1) is 14.5. The minimum Gasteiger partial charge on any atom is -0.507 e. The first kappa shape index (κ1) is 19.3. The van der Waals surface area contributed by atoms with Crippen molar-refractivity contribution in [2.24, 2.45) is 0 Å². The highest BCUT2D eigenvalue weighted by Gasteiger charge is 2.51. The summed E-state index contributed by atoms with van der Waals surface area (Å²) < 4.78 is 5.18. The molecule has 3 aromatic rings. The second kappa shape index (κ2) is 7.44. The molecular formula is C23H21N3O4. The number of urea groups is 2. The molecule has 0 spiro atoms. The first-order valence-electron chi connectivity index (χ1n) is 9.37. The molecule has 0 aliphatic carbocycles. The number of carbonyl (C=O) groups excluding carboxylic acids is 2. The van der Waals surface area contributed by atoms with E-state index in [2.05, 4.69) is 5.32 Å². The van der Waals surface area contributed by atoms with Gasteiger partial charge in [0.05, 0.1) is 12.8 Å². The lowest BCUT2D eigenvalue weighted by Crippen LogP contribution is -2.70. The van der Waals surface area contributed by atoms with Crippen LogP contribution in [-0.4, -0.2) is 36.2 Å². The Morgan fingerprint density at radius 2 is 1.57 bits per heavy atom. The summed E-state index contributed by atoms with van der Waals surface area (Å²) in [6.07, 6.45) is 0. The monoisotopic (exact) mass is 403 g/mol. The molecule has 1 atom stereocenters. The smallest absolute Gasteiger partial charge is 0.334 e. The number of aromatic hydroxyl groups is 1. The Balaban J connectivity index is 1.90. The van der Waals surface area contributed by atoms with Crippen LogP contribution in [0, 0.1) is 0 Å². The lowest BCUT2D eigenvalue weighted by Gasteiger charge is -2.48. The highest BCUT2D eigenvalue weighted by Crippen LogP contribution is 2.42. The van der Waals surface area contributed by atoms with Crippen LogP contribution in [0.4, 0.5) is 15.3 Å². The van der Waals surface area contributed by atoms with Crippen molar-refractivity contribution in [1.82, 2.24) is 10.2 Å². The third-order valence-corrected chi connectivity index (χ3v) is 5.27. The molecule has 1 saturated heterocycles. The van der Waals surface area contributed by atoms with Gasteiger partial charge in [-0.2, -0.15) is 0 Å².